The Morgan fingerprint density at radius 2 is 1.83 bits per heavy atom. The summed E-state index contributed by atoms with van der Waals surface area (Å²) >= 11 is 0. The number of benzene rings is 1. The molecule has 0 N–H and O–H groups in total. The van der Waals surface area contributed by atoms with Crippen molar-refractivity contribution in [3.05, 3.63) is 89.5 Å². The fourth-order valence-electron chi connectivity index (χ4n) is 2.75. The van der Waals surface area contributed by atoms with Gasteiger partial charge in [-0.2, -0.15) is 0 Å². The lowest BCUT2D eigenvalue weighted by molar-refractivity contribution is 1.10. The van der Waals surface area contributed by atoms with E-state index >= 15 is 0 Å². The summed E-state index contributed by atoms with van der Waals surface area (Å²) in [5.41, 5.74) is 6.02. The molecule has 0 amide bonds. The third-order valence-corrected chi connectivity index (χ3v) is 3.95. The smallest absolute Gasteiger partial charge is 0.0701 e. The van der Waals surface area contributed by atoms with Crippen LogP contribution in [0.15, 0.2) is 83.4 Å². The molecule has 0 bridgehead atoms. The van der Waals surface area contributed by atoms with E-state index in [4.69, 9.17) is 0 Å². The van der Waals surface area contributed by atoms with E-state index in [1.54, 1.807) is 0 Å². The second-order valence-electron chi connectivity index (χ2n) is 5.45. The van der Waals surface area contributed by atoms with Crippen molar-refractivity contribution in [1.29, 1.82) is 0 Å². The molecular formula is C20H15N3. The van der Waals surface area contributed by atoms with Gasteiger partial charge < -0.3 is 0 Å². The van der Waals surface area contributed by atoms with E-state index in [2.05, 4.69) is 45.3 Å². The van der Waals surface area contributed by atoms with Gasteiger partial charge in [-0.15, -0.1) is 0 Å². The quantitative estimate of drug-likeness (QED) is 0.623. The summed E-state index contributed by atoms with van der Waals surface area (Å²) in [4.78, 5) is 12.5. The van der Waals surface area contributed by atoms with Crippen LogP contribution in [0.4, 0.5) is 0 Å². The Morgan fingerprint density at radius 3 is 2.78 bits per heavy atom. The lowest BCUT2D eigenvalue weighted by Gasteiger charge is -2.13. The average molecular weight is 297 g/mol. The number of pyridine rings is 2. The molecule has 0 spiro atoms. The predicted octanol–water partition coefficient (Wildman–Crippen LogP) is 4.22. The number of hydrogen-bond acceptors (Lipinski definition) is 3. The Kier molecular flexibility index (Phi) is 3.53. The molecule has 3 heterocycles. The summed E-state index contributed by atoms with van der Waals surface area (Å²) in [7, 11) is 0. The normalized spacial score (nSPS) is 14.3. The standard InChI is InChI=1S/C11H8N2.C9H7N/c1-3-12-7-10-6-11-9(2-4-13-11)5-8(1)10;1-2-6-9-8(4-1)5-3-7-10-9/h1-4,6-7H,5H2;1-7H. The minimum absolute atomic E-state index is 0.990. The second kappa shape index (κ2) is 5.97. The number of aromatic nitrogens is 2. The van der Waals surface area contributed by atoms with E-state index in [-0.39, 0.29) is 0 Å². The van der Waals surface area contributed by atoms with Crippen molar-refractivity contribution in [2.75, 3.05) is 0 Å². The Morgan fingerprint density at radius 1 is 0.913 bits per heavy atom. The molecule has 1 aromatic carbocycles. The van der Waals surface area contributed by atoms with E-state index in [0.29, 0.717) is 0 Å². The number of para-hydroxylation sites is 1. The van der Waals surface area contributed by atoms with Gasteiger partial charge in [0.2, 0.25) is 0 Å². The van der Waals surface area contributed by atoms with Gasteiger partial charge in [0.05, 0.1) is 11.2 Å². The molecule has 2 aliphatic rings. The van der Waals surface area contributed by atoms with Crippen LogP contribution < -0.4 is 0 Å². The molecule has 0 unspecified atom stereocenters. The SMILES string of the molecule is C1=NC2=Cc3cnccc3CC2=C1.c1ccc2ncccc2c1. The molecular weight excluding hydrogens is 282 g/mol. The van der Waals surface area contributed by atoms with Crippen molar-refractivity contribution >= 4 is 23.2 Å². The van der Waals surface area contributed by atoms with Gasteiger partial charge >= 0.3 is 0 Å². The van der Waals surface area contributed by atoms with Crippen molar-refractivity contribution in [1.82, 2.24) is 9.97 Å². The zero-order valence-corrected chi connectivity index (χ0v) is 12.6. The van der Waals surface area contributed by atoms with Gasteiger partial charge in [0.25, 0.3) is 0 Å². The van der Waals surface area contributed by atoms with Gasteiger partial charge in [-0.25, -0.2) is 0 Å². The van der Waals surface area contributed by atoms with Crippen LogP contribution in [0.25, 0.3) is 17.0 Å². The van der Waals surface area contributed by atoms with E-state index in [1.807, 2.05) is 49.1 Å². The number of rotatable bonds is 0. The lowest BCUT2D eigenvalue weighted by Crippen LogP contribution is -2.00. The molecule has 23 heavy (non-hydrogen) atoms. The van der Waals surface area contributed by atoms with Gasteiger partial charge in [-0.1, -0.05) is 24.3 Å². The number of allylic oxidation sites excluding steroid dienone is 2. The molecule has 3 aromatic rings. The number of nitrogens with zero attached hydrogens (tertiary/aromatic N) is 3. The van der Waals surface area contributed by atoms with E-state index < -0.39 is 0 Å². The van der Waals surface area contributed by atoms with Crippen LogP contribution in [0.5, 0.6) is 0 Å². The Balaban J connectivity index is 0.000000122. The number of aliphatic imine (C=N–C) groups is 1. The van der Waals surface area contributed by atoms with E-state index in [9.17, 15) is 0 Å². The molecule has 3 heteroatoms. The fourth-order valence-corrected chi connectivity index (χ4v) is 2.75. The third kappa shape index (κ3) is 2.81. The van der Waals surface area contributed by atoms with E-state index in [0.717, 1.165) is 17.6 Å². The molecule has 0 saturated carbocycles. The lowest BCUT2D eigenvalue weighted by atomic mass is 9.94. The molecule has 5 rings (SSSR count). The maximum atomic E-state index is 4.27. The van der Waals surface area contributed by atoms with Crippen molar-refractivity contribution < 1.29 is 0 Å². The first-order chi connectivity index (χ1) is 11.4. The minimum atomic E-state index is 0.990. The Labute approximate surface area is 134 Å². The predicted molar refractivity (Wildman–Crippen MR) is 94.2 cm³/mol. The van der Waals surface area contributed by atoms with Gasteiger partial charge in [-0.3, -0.25) is 15.0 Å². The van der Waals surface area contributed by atoms with Crippen LogP contribution in [0.2, 0.25) is 0 Å². The number of hydrogen-bond donors (Lipinski definition) is 0. The zero-order valence-electron chi connectivity index (χ0n) is 12.6. The minimum Gasteiger partial charge on any atom is -0.264 e. The molecule has 0 radical (unpaired) electrons. The highest BCUT2D eigenvalue weighted by Gasteiger charge is 2.16. The molecule has 1 aliphatic carbocycles. The first kappa shape index (κ1) is 13.6. The van der Waals surface area contributed by atoms with Crippen LogP contribution >= 0.6 is 0 Å². The van der Waals surface area contributed by atoms with Gasteiger partial charge in [0.1, 0.15) is 0 Å². The first-order valence-corrected chi connectivity index (χ1v) is 7.58. The summed E-state index contributed by atoms with van der Waals surface area (Å²) < 4.78 is 0. The summed E-state index contributed by atoms with van der Waals surface area (Å²) in [6, 6.07) is 14.2. The van der Waals surface area contributed by atoms with Crippen molar-refractivity contribution in [3.8, 4) is 0 Å². The van der Waals surface area contributed by atoms with Crippen molar-refractivity contribution in [3.63, 3.8) is 0 Å². The molecule has 3 nitrogen and oxygen atoms in total. The highest BCUT2D eigenvalue weighted by atomic mass is 14.8. The van der Waals surface area contributed by atoms with E-state index in [1.165, 1.54) is 22.1 Å². The molecule has 0 fully saturated rings. The van der Waals surface area contributed by atoms with Gasteiger partial charge in [0.15, 0.2) is 0 Å². The second-order valence-corrected chi connectivity index (χ2v) is 5.45. The highest BCUT2D eigenvalue weighted by Crippen LogP contribution is 2.29. The third-order valence-electron chi connectivity index (χ3n) is 3.95. The van der Waals surface area contributed by atoms with Gasteiger partial charge in [0, 0.05) is 36.6 Å². The summed E-state index contributed by atoms with van der Waals surface area (Å²) in [6.45, 7) is 0. The summed E-state index contributed by atoms with van der Waals surface area (Å²) in [6.07, 6.45) is 12.6. The van der Waals surface area contributed by atoms with Crippen LogP contribution in [-0.4, -0.2) is 16.2 Å². The fraction of sp³-hybridized carbons (Fsp3) is 0.0500. The largest absolute Gasteiger partial charge is 0.264 e. The molecule has 0 atom stereocenters. The van der Waals surface area contributed by atoms with Gasteiger partial charge in [-0.05, 0) is 47.1 Å². The maximum Gasteiger partial charge on any atom is 0.0701 e. The molecule has 0 saturated heterocycles. The first-order valence-electron chi connectivity index (χ1n) is 7.58. The summed E-state index contributed by atoms with van der Waals surface area (Å²) in [5.74, 6) is 0. The summed E-state index contributed by atoms with van der Waals surface area (Å²) in [5, 5.41) is 1.20. The van der Waals surface area contributed by atoms with Crippen LogP contribution in [0, 0.1) is 0 Å². The highest BCUT2D eigenvalue weighted by molar-refractivity contribution is 5.84. The van der Waals surface area contributed by atoms with Crippen LogP contribution in [0.3, 0.4) is 0 Å². The monoisotopic (exact) mass is 297 g/mol. The molecule has 1 aliphatic heterocycles. The average Bonchev–Trinajstić information content (AvgIpc) is 3.07. The number of fused-ring (bicyclic) bond motifs is 3. The molecule has 2 aromatic heterocycles. The topological polar surface area (TPSA) is 38.1 Å². The van der Waals surface area contributed by atoms with Crippen molar-refractivity contribution in [2.24, 2.45) is 4.99 Å². The van der Waals surface area contributed by atoms with Crippen molar-refractivity contribution in [2.45, 2.75) is 6.42 Å². The van der Waals surface area contributed by atoms with Crippen LogP contribution in [-0.2, 0) is 6.42 Å². The maximum absolute atomic E-state index is 4.27. The Bertz CT molecular complexity index is 886. The zero-order chi connectivity index (χ0) is 15.5. The van der Waals surface area contributed by atoms with Crippen LogP contribution in [0.1, 0.15) is 11.1 Å². The molecule has 110 valence electrons. The Hall–Kier alpha value is -3.07.